The first-order valence-corrected chi connectivity index (χ1v) is 11.2. The SMILES string of the molecule is O=S(=O)(CCS(=O)(=O)c1ccc(N=C=S)cc1)c1ccc(N=C=S)cc1. The van der Waals surface area contributed by atoms with Crippen molar-refractivity contribution in [2.45, 2.75) is 9.79 Å². The molecule has 0 heterocycles. The first-order valence-electron chi connectivity index (χ1n) is 7.10. The van der Waals surface area contributed by atoms with Crippen molar-refractivity contribution in [2.75, 3.05) is 11.5 Å². The molecule has 0 amide bonds. The highest BCUT2D eigenvalue weighted by Gasteiger charge is 2.21. The lowest BCUT2D eigenvalue weighted by Gasteiger charge is -2.07. The maximum atomic E-state index is 12.4. The molecule has 26 heavy (non-hydrogen) atoms. The lowest BCUT2D eigenvalue weighted by molar-refractivity contribution is 0.587. The lowest BCUT2D eigenvalue weighted by atomic mass is 10.3. The summed E-state index contributed by atoms with van der Waals surface area (Å²) in [4.78, 5) is 7.49. The van der Waals surface area contributed by atoms with Crippen LogP contribution in [0.5, 0.6) is 0 Å². The molecule has 2 aromatic carbocycles. The fourth-order valence-electron chi connectivity index (χ4n) is 2.02. The van der Waals surface area contributed by atoms with Crippen LogP contribution in [-0.2, 0) is 19.7 Å². The maximum Gasteiger partial charge on any atom is 0.179 e. The van der Waals surface area contributed by atoms with Crippen molar-refractivity contribution in [1.82, 2.24) is 0 Å². The largest absolute Gasteiger partial charge is 0.224 e. The van der Waals surface area contributed by atoms with Gasteiger partial charge in [-0.25, -0.2) is 16.8 Å². The van der Waals surface area contributed by atoms with Crippen molar-refractivity contribution in [3.8, 4) is 0 Å². The van der Waals surface area contributed by atoms with Gasteiger partial charge in [0.05, 0.1) is 43.0 Å². The van der Waals surface area contributed by atoms with Crippen LogP contribution in [0.4, 0.5) is 11.4 Å². The number of benzene rings is 2. The zero-order chi connectivity index (χ0) is 19.2. The molecule has 0 aliphatic rings. The molecule has 10 heteroatoms. The first-order chi connectivity index (χ1) is 12.3. The third-order valence-electron chi connectivity index (χ3n) is 3.36. The first kappa shape index (κ1) is 20.3. The van der Waals surface area contributed by atoms with E-state index in [1.54, 1.807) is 0 Å². The van der Waals surface area contributed by atoms with Crippen LogP contribution in [0, 0.1) is 0 Å². The van der Waals surface area contributed by atoms with Crippen molar-refractivity contribution in [2.24, 2.45) is 9.98 Å². The fourth-order valence-corrected chi connectivity index (χ4v) is 5.56. The number of isothiocyanates is 2. The van der Waals surface area contributed by atoms with E-state index in [4.69, 9.17) is 0 Å². The highest BCUT2D eigenvalue weighted by atomic mass is 32.2. The van der Waals surface area contributed by atoms with E-state index in [1.807, 2.05) is 0 Å². The summed E-state index contributed by atoms with van der Waals surface area (Å²) in [6.45, 7) is 0. The van der Waals surface area contributed by atoms with Crippen molar-refractivity contribution < 1.29 is 16.8 Å². The summed E-state index contributed by atoms with van der Waals surface area (Å²) < 4.78 is 49.4. The monoisotopic (exact) mass is 424 g/mol. The number of rotatable bonds is 7. The summed E-state index contributed by atoms with van der Waals surface area (Å²) in [6, 6.07) is 11.3. The summed E-state index contributed by atoms with van der Waals surface area (Å²) in [7, 11) is -7.52. The molecule has 0 saturated heterocycles. The number of aliphatic imine (C=N–C) groups is 2. The Morgan fingerprint density at radius 1 is 0.654 bits per heavy atom. The molecule has 0 saturated carbocycles. The number of hydrogen-bond donors (Lipinski definition) is 0. The van der Waals surface area contributed by atoms with Crippen molar-refractivity contribution >= 4 is 65.8 Å². The average molecular weight is 425 g/mol. The van der Waals surface area contributed by atoms with Crippen LogP contribution < -0.4 is 0 Å². The van der Waals surface area contributed by atoms with E-state index in [0.29, 0.717) is 11.4 Å². The molecule has 2 rings (SSSR count). The van der Waals surface area contributed by atoms with Crippen molar-refractivity contribution in [1.29, 1.82) is 0 Å². The molecule has 0 spiro atoms. The van der Waals surface area contributed by atoms with Gasteiger partial charge in [0, 0.05) is 0 Å². The summed E-state index contributed by atoms with van der Waals surface area (Å²) in [5, 5.41) is 4.36. The predicted octanol–water partition coefficient (Wildman–Crippen LogP) is 3.40. The van der Waals surface area contributed by atoms with Gasteiger partial charge in [0.1, 0.15) is 0 Å². The smallest absolute Gasteiger partial charge is 0.179 e. The molecule has 0 aromatic heterocycles. The van der Waals surface area contributed by atoms with E-state index >= 15 is 0 Å². The summed E-state index contributed by atoms with van der Waals surface area (Å²) in [5.74, 6) is -1.07. The average Bonchev–Trinajstić information content (AvgIpc) is 2.62. The second-order valence-corrected chi connectivity index (χ2v) is 9.62. The maximum absolute atomic E-state index is 12.4. The molecule has 0 fully saturated rings. The molecule has 0 bridgehead atoms. The number of thiocarbonyl (C=S) groups is 2. The number of hydrogen-bond acceptors (Lipinski definition) is 8. The van der Waals surface area contributed by atoms with Crippen LogP contribution in [0.15, 0.2) is 68.3 Å². The van der Waals surface area contributed by atoms with E-state index in [1.165, 1.54) is 48.5 Å². The zero-order valence-electron chi connectivity index (χ0n) is 13.2. The molecule has 134 valence electrons. The Kier molecular flexibility index (Phi) is 6.66. The van der Waals surface area contributed by atoms with Gasteiger partial charge in [0.15, 0.2) is 19.7 Å². The summed E-state index contributed by atoms with van der Waals surface area (Å²) in [6.07, 6.45) is 0. The molecule has 2 aromatic rings. The number of nitrogens with zero attached hydrogens (tertiary/aromatic N) is 2. The molecule has 0 radical (unpaired) electrons. The lowest BCUT2D eigenvalue weighted by Crippen LogP contribution is -2.17. The van der Waals surface area contributed by atoms with Crippen LogP contribution in [0.1, 0.15) is 0 Å². The highest BCUT2D eigenvalue weighted by molar-refractivity contribution is 7.95. The van der Waals surface area contributed by atoms with Gasteiger partial charge in [-0.2, -0.15) is 9.98 Å². The molecule has 6 nitrogen and oxygen atoms in total. The van der Waals surface area contributed by atoms with Crippen LogP contribution in [0.25, 0.3) is 0 Å². The Bertz CT molecular complexity index is 1000. The van der Waals surface area contributed by atoms with Gasteiger partial charge in [-0.15, -0.1) is 0 Å². The van der Waals surface area contributed by atoms with Gasteiger partial charge in [0.25, 0.3) is 0 Å². The fraction of sp³-hybridized carbons (Fsp3) is 0.125. The molecule has 0 aliphatic heterocycles. The van der Waals surface area contributed by atoms with Gasteiger partial charge in [0.2, 0.25) is 0 Å². The Hall–Kier alpha value is -2.06. The van der Waals surface area contributed by atoms with Crippen LogP contribution in [0.2, 0.25) is 0 Å². The molecule has 0 atom stereocenters. The standard InChI is InChI=1S/C16H12N2O4S4/c19-25(20,15-5-1-13(2-6-15)17-11-23)9-10-26(21,22)16-7-3-14(4-8-16)18-12-24/h1-8H,9-10H2. The van der Waals surface area contributed by atoms with Crippen molar-refractivity contribution in [3.63, 3.8) is 0 Å². The third-order valence-corrected chi connectivity index (χ3v) is 7.27. The second kappa shape index (κ2) is 8.55. The normalized spacial score (nSPS) is 11.2. The zero-order valence-corrected chi connectivity index (χ0v) is 16.5. The predicted molar refractivity (Wildman–Crippen MR) is 106 cm³/mol. The molecule has 0 N–H and O–H groups in total. The van der Waals surface area contributed by atoms with E-state index in [-0.39, 0.29) is 9.79 Å². The molecule has 0 unspecified atom stereocenters. The molecule has 0 aliphatic carbocycles. The van der Waals surface area contributed by atoms with E-state index in [2.05, 4.69) is 44.7 Å². The minimum atomic E-state index is -3.76. The van der Waals surface area contributed by atoms with E-state index in [9.17, 15) is 16.8 Å². The van der Waals surface area contributed by atoms with Gasteiger partial charge >= 0.3 is 0 Å². The van der Waals surface area contributed by atoms with Crippen molar-refractivity contribution in [3.05, 3.63) is 48.5 Å². The number of sulfone groups is 2. The van der Waals surface area contributed by atoms with E-state index < -0.39 is 31.2 Å². The van der Waals surface area contributed by atoms with Gasteiger partial charge in [-0.3, -0.25) is 0 Å². The Labute approximate surface area is 162 Å². The summed E-state index contributed by atoms with van der Waals surface area (Å²) in [5.41, 5.74) is 0.927. The third kappa shape index (κ3) is 5.22. The summed E-state index contributed by atoms with van der Waals surface area (Å²) >= 11 is 8.95. The highest BCUT2D eigenvalue weighted by Crippen LogP contribution is 2.20. The molecular weight excluding hydrogens is 412 g/mol. The Balaban J connectivity index is 2.16. The quantitative estimate of drug-likeness (QED) is 0.500. The van der Waals surface area contributed by atoms with Gasteiger partial charge in [-0.05, 0) is 73.0 Å². The molecular formula is C16H12N2O4S4. The minimum Gasteiger partial charge on any atom is -0.224 e. The van der Waals surface area contributed by atoms with Gasteiger partial charge < -0.3 is 0 Å². The second-order valence-electron chi connectivity index (χ2n) is 5.03. The van der Waals surface area contributed by atoms with Crippen LogP contribution in [-0.4, -0.2) is 38.7 Å². The van der Waals surface area contributed by atoms with Crippen LogP contribution in [0.3, 0.4) is 0 Å². The topological polar surface area (TPSA) is 93.0 Å². The Morgan fingerprint density at radius 3 is 1.23 bits per heavy atom. The Morgan fingerprint density at radius 2 is 0.962 bits per heavy atom. The van der Waals surface area contributed by atoms with Gasteiger partial charge in [-0.1, -0.05) is 0 Å². The minimum absolute atomic E-state index is 0.0155. The van der Waals surface area contributed by atoms with E-state index in [0.717, 1.165) is 0 Å². The van der Waals surface area contributed by atoms with Crippen LogP contribution >= 0.6 is 24.4 Å².